The summed E-state index contributed by atoms with van der Waals surface area (Å²) in [5, 5.41) is 34.5. The van der Waals surface area contributed by atoms with Crippen LogP contribution in [0.15, 0.2) is 23.5 Å². The van der Waals surface area contributed by atoms with Gasteiger partial charge in [0.2, 0.25) is 6.29 Å². The molecule has 0 radical (unpaired) electrons. The molecule has 12 rings (SSSR count). The van der Waals surface area contributed by atoms with E-state index in [-0.39, 0.29) is 42.0 Å². The molecule has 0 aromatic heterocycles. The minimum Gasteiger partial charge on any atom is -0.493 e. The smallest absolute Gasteiger partial charge is 0.288 e. The quantitative estimate of drug-likeness (QED) is 0.122. The van der Waals surface area contributed by atoms with Crippen molar-refractivity contribution in [1.29, 1.82) is 0 Å². The predicted octanol–water partition coefficient (Wildman–Crippen LogP) is 6.16. The van der Waals surface area contributed by atoms with E-state index < -0.39 is 171 Å². The van der Waals surface area contributed by atoms with E-state index in [2.05, 4.69) is 19.9 Å². The molecule has 96 heavy (non-hydrogen) atoms. The van der Waals surface area contributed by atoms with E-state index in [1.54, 1.807) is 41.4 Å². The van der Waals surface area contributed by atoms with Crippen molar-refractivity contribution in [2.75, 3.05) is 49.5 Å². The van der Waals surface area contributed by atoms with Gasteiger partial charge in [-0.1, -0.05) is 25.5 Å². The first kappa shape index (κ1) is 73.7. The number of allylic oxidation sites excluding steroid dienone is 1. The maximum Gasteiger partial charge on any atom is 0.288 e. The van der Waals surface area contributed by atoms with Crippen molar-refractivity contribution in [2.24, 2.45) is 28.6 Å². The molecule has 1 unspecified atom stereocenters. The molecule has 0 bridgehead atoms. The van der Waals surface area contributed by atoms with Gasteiger partial charge in [-0.3, -0.25) is 4.79 Å². The van der Waals surface area contributed by atoms with Crippen LogP contribution in [0.3, 0.4) is 0 Å². The maximum absolute atomic E-state index is 13.1. The van der Waals surface area contributed by atoms with Gasteiger partial charge in [0, 0.05) is 66.6 Å². The zero-order chi connectivity index (χ0) is 68.5. The van der Waals surface area contributed by atoms with Crippen molar-refractivity contribution in [2.45, 2.75) is 336 Å². The van der Waals surface area contributed by atoms with E-state index >= 15 is 0 Å². The average molecular weight is 1370 g/mol. The third-order valence-electron chi connectivity index (χ3n) is 24.5. The summed E-state index contributed by atoms with van der Waals surface area (Å²) in [4.78, 5) is 13.1. The van der Waals surface area contributed by atoms with Crippen molar-refractivity contribution in [3.05, 3.63) is 23.5 Å². The van der Waals surface area contributed by atoms with Crippen LogP contribution in [-0.4, -0.2) is 254 Å². The van der Waals surface area contributed by atoms with Gasteiger partial charge in [-0.15, -0.1) is 0 Å². The lowest BCUT2D eigenvalue weighted by atomic mass is 9.46. The van der Waals surface area contributed by atoms with Crippen LogP contribution in [0.5, 0.6) is 0 Å². The molecule has 0 aromatic carbocycles. The Balaban J connectivity index is 0.608. The number of rotatable bonds is 19. The lowest BCUT2D eigenvalue weighted by Crippen LogP contribution is -2.62. The number of ketones is 1. The molecule has 8 heterocycles. The van der Waals surface area contributed by atoms with Gasteiger partial charge in [0.25, 0.3) is 11.8 Å². The van der Waals surface area contributed by atoms with E-state index in [0.717, 1.165) is 44.9 Å². The fourth-order valence-corrected chi connectivity index (χ4v) is 19.1. The zero-order valence-corrected chi connectivity index (χ0v) is 59.2. The number of aliphatic hydroxyl groups is 3. The van der Waals surface area contributed by atoms with E-state index in [4.69, 9.17) is 104 Å². The number of Topliss-reactive ketones (excluding diaryl/α,β-unsaturated/α-hetero) is 1. The molecule has 7 saturated heterocycles. The van der Waals surface area contributed by atoms with Crippen LogP contribution in [0, 0.1) is 28.6 Å². The first-order chi connectivity index (χ1) is 45.8. The zero-order valence-electron chi connectivity index (χ0n) is 59.2. The van der Waals surface area contributed by atoms with Crippen LogP contribution in [0.2, 0.25) is 0 Å². The number of carbonyl (C=O) groups excluding carboxylic acids is 1. The Hall–Kier alpha value is -2.01. The molecular formula is C70H112O26. The van der Waals surface area contributed by atoms with Crippen molar-refractivity contribution >= 4 is 5.78 Å². The number of ether oxygens (including phenoxy) is 22. The SMILES string of the molecule is COC1=C[C@@H](C)OC(O[C@H]2CC[C@@]3(C)C(=CC[C@@H]4[C@@H]3CC[C@@]3(C)[C@H]4CC[C@]3(O)[C@H](C)O[C@H]3C[C@H]4OCO[C@@]5(C[C@@H](OC)[C@H](O[C@H]6C[C@H](OC)[C@H](O[C@H]7C[C@H](OC)[C@H](O[C@H]8C[C@H](OC)[C@H](O[C@@H]9O[C@H](C)[C@H](O)[C@H](OC)[C@H]9O)[C@@H](C)O8)[C@@H](C)O7)[C@@H](C)O6)[C@@H](C)O5)O[C@@H]4[C@@H](C)O3)C2)C1=O. The first-order valence-electron chi connectivity index (χ1n) is 35.5. The highest BCUT2D eigenvalue weighted by Gasteiger charge is 2.66. The summed E-state index contributed by atoms with van der Waals surface area (Å²) < 4.78 is 139. The van der Waals surface area contributed by atoms with Crippen molar-refractivity contribution in [3.63, 3.8) is 0 Å². The fraction of sp³-hybridized carbons (Fsp3) is 0.929. The van der Waals surface area contributed by atoms with E-state index in [9.17, 15) is 20.1 Å². The highest BCUT2D eigenvalue weighted by molar-refractivity contribution is 5.96. The Labute approximate surface area is 566 Å². The Morgan fingerprint density at radius 1 is 0.583 bits per heavy atom. The highest BCUT2D eigenvalue weighted by Crippen LogP contribution is 2.68. The number of hydrogen-bond donors (Lipinski definition) is 3. The van der Waals surface area contributed by atoms with Gasteiger partial charge in [0.15, 0.2) is 44.0 Å². The van der Waals surface area contributed by atoms with Crippen LogP contribution in [0.1, 0.15) is 153 Å². The second-order valence-electron chi connectivity index (χ2n) is 29.9. The van der Waals surface area contributed by atoms with Crippen molar-refractivity contribution in [1.82, 2.24) is 0 Å². The van der Waals surface area contributed by atoms with E-state index in [0.29, 0.717) is 55.6 Å². The van der Waals surface area contributed by atoms with Gasteiger partial charge < -0.3 is 120 Å². The van der Waals surface area contributed by atoms with Gasteiger partial charge in [-0.2, -0.15) is 0 Å². The Kier molecular flexibility index (Phi) is 23.0. The highest BCUT2D eigenvalue weighted by atomic mass is 16.9. The monoisotopic (exact) mass is 1370 g/mol. The van der Waals surface area contributed by atoms with Gasteiger partial charge in [-0.25, -0.2) is 0 Å². The Bertz CT molecular complexity index is 2670. The number of hydrogen-bond acceptors (Lipinski definition) is 26. The van der Waals surface area contributed by atoms with Crippen molar-refractivity contribution in [3.8, 4) is 0 Å². The van der Waals surface area contributed by atoms with E-state index in [1.165, 1.54) is 19.8 Å². The number of fused-ring (bicyclic) bond motifs is 6. The summed E-state index contributed by atoms with van der Waals surface area (Å²) >= 11 is 0. The van der Waals surface area contributed by atoms with Crippen molar-refractivity contribution < 1.29 is 124 Å². The normalized spacial score (nSPS) is 51.8. The minimum absolute atomic E-state index is 0.0171. The standard InChI is InChI=1S/C70H112O26/c1-33-25-46(75-11)57(72)65(83-33)90-42-19-22-67(9)41(26-42)17-18-43-44(67)20-23-68(10)45(43)21-24-69(68,74)40(8)89-52-30-50-63(38(6)87-52)96-70(82-32-81-50)31-51(79-15)62(39(7)95-70)93-55-28-48(77-13)60(36(4)85-55)91-53-27-47(76-12)59(35(3)84-53)92-54-29-49(78-14)61(37(5)86-54)94-66-58(73)64(80-16)56(71)34(2)88-66/h17,25,33-40,42-45,47-56,58-66,71,73-74H,18-24,26-32H2,1-16H3/t33-,34-,35-,36-,37-,38-,39-,40+,42+,43-,44+,45+,47+,48+,49+,50-,51-,52+,53+,54+,55+,56+,58-,59-,60-,61-,62-,63-,64+,65?,66+,67+,68+,69+,70-/m1/s1. The number of aliphatic hydroxyl groups excluding tert-OH is 2. The lowest BCUT2D eigenvalue weighted by molar-refractivity contribution is -0.447. The Morgan fingerprint density at radius 2 is 1.17 bits per heavy atom. The van der Waals surface area contributed by atoms with Crippen LogP contribution in [0.25, 0.3) is 0 Å². The molecule has 8 aliphatic heterocycles. The van der Waals surface area contributed by atoms with Crippen LogP contribution >= 0.6 is 0 Å². The second-order valence-corrected chi connectivity index (χ2v) is 29.9. The molecule has 3 saturated carbocycles. The summed E-state index contributed by atoms with van der Waals surface area (Å²) in [6.45, 7) is 19.7. The van der Waals surface area contributed by atoms with Gasteiger partial charge in [0.1, 0.15) is 48.8 Å². The molecule has 548 valence electrons. The molecular weight excluding hydrogens is 1260 g/mol. The molecule has 0 amide bonds. The molecule has 0 aromatic rings. The molecule has 26 heteroatoms. The summed E-state index contributed by atoms with van der Waals surface area (Å²) in [7, 11) is 9.40. The summed E-state index contributed by atoms with van der Waals surface area (Å²) in [5.41, 5.74) is -0.00329. The minimum atomic E-state index is -1.55. The third kappa shape index (κ3) is 14.2. The second kappa shape index (κ2) is 30.0. The first-order valence-corrected chi connectivity index (χ1v) is 35.5. The summed E-state index contributed by atoms with van der Waals surface area (Å²) in [6.07, 6.45) is -4.94. The lowest BCUT2D eigenvalue weighted by Gasteiger charge is -2.59. The predicted molar refractivity (Wildman–Crippen MR) is 336 cm³/mol. The molecule has 1 spiro atoms. The number of carbonyl (C=O) groups is 1. The molecule has 35 atom stereocenters. The molecule has 26 nitrogen and oxygen atoms in total. The summed E-state index contributed by atoms with van der Waals surface area (Å²) in [6, 6.07) is 0. The average Bonchev–Trinajstić information content (AvgIpc) is 1.45. The fourth-order valence-electron chi connectivity index (χ4n) is 19.1. The molecule has 10 fully saturated rings. The summed E-state index contributed by atoms with van der Waals surface area (Å²) in [5.74, 6) is -0.289. The van der Waals surface area contributed by atoms with Crippen LogP contribution < -0.4 is 0 Å². The molecule has 12 aliphatic rings. The maximum atomic E-state index is 13.1. The molecule has 3 N–H and O–H groups in total. The van der Waals surface area contributed by atoms with Gasteiger partial charge in [0.05, 0.1) is 105 Å². The van der Waals surface area contributed by atoms with Gasteiger partial charge in [-0.05, 0) is 136 Å². The Morgan fingerprint density at radius 3 is 1.76 bits per heavy atom. The van der Waals surface area contributed by atoms with E-state index in [1.807, 2.05) is 48.5 Å². The number of methoxy groups -OCH3 is 6. The molecule has 4 aliphatic carbocycles. The third-order valence-corrected chi connectivity index (χ3v) is 24.5. The van der Waals surface area contributed by atoms with Gasteiger partial charge >= 0.3 is 0 Å². The van der Waals surface area contributed by atoms with Crippen LogP contribution in [0.4, 0.5) is 0 Å². The van der Waals surface area contributed by atoms with Crippen LogP contribution in [-0.2, 0) is 109 Å². The largest absolute Gasteiger partial charge is 0.493 e. The topological polar surface area (TPSA) is 281 Å².